The maximum atomic E-state index is 9.82. The van der Waals surface area contributed by atoms with Gasteiger partial charge in [-0.3, -0.25) is 0 Å². The Balaban J connectivity index is 2.24. The summed E-state index contributed by atoms with van der Waals surface area (Å²) in [6.45, 7) is 0. The van der Waals surface area contributed by atoms with Crippen LogP contribution in [0.25, 0.3) is 0 Å². The van der Waals surface area contributed by atoms with Crippen LogP contribution in [0.4, 0.5) is 0 Å². The summed E-state index contributed by atoms with van der Waals surface area (Å²) in [5.41, 5.74) is 1.23. The molecule has 3 heteroatoms. The van der Waals surface area contributed by atoms with Gasteiger partial charge in [0.25, 0.3) is 0 Å². The highest BCUT2D eigenvalue weighted by Crippen LogP contribution is 2.33. The average Bonchev–Trinajstić information content (AvgIpc) is 2.38. The van der Waals surface area contributed by atoms with Crippen molar-refractivity contribution in [2.45, 2.75) is 38.2 Å². The van der Waals surface area contributed by atoms with Gasteiger partial charge < -0.3 is 5.11 Å². The van der Waals surface area contributed by atoms with Gasteiger partial charge in [-0.1, -0.05) is 6.08 Å². The van der Waals surface area contributed by atoms with Crippen LogP contribution in [0.2, 0.25) is 0 Å². The molecule has 1 aliphatic carbocycles. The molecule has 2 unspecified atom stereocenters. The van der Waals surface area contributed by atoms with Gasteiger partial charge in [0.1, 0.15) is 11.1 Å². The van der Waals surface area contributed by atoms with Gasteiger partial charge in [-0.25, -0.2) is 4.99 Å². The van der Waals surface area contributed by atoms with Crippen LogP contribution >= 0.6 is 11.8 Å². The number of rotatable bonds is 0. The summed E-state index contributed by atoms with van der Waals surface area (Å²) < 4.78 is 0. The van der Waals surface area contributed by atoms with Crippen LogP contribution in [0.5, 0.6) is 0 Å². The van der Waals surface area contributed by atoms with Crippen molar-refractivity contribution in [3.63, 3.8) is 0 Å². The predicted molar refractivity (Wildman–Crippen MR) is 61.6 cm³/mol. The molecular formula is C11H17NOS. The number of nitrogens with zero attached hydrogens (tertiary/aromatic N) is 1. The van der Waals surface area contributed by atoms with E-state index in [1.165, 1.54) is 18.5 Å². The molecule has 0 radical (unpaired) electrons. The Morgan fingerprint density at radius 2 is 2.29 bits per heavy atom. The summed E-state index contributed by atoms with van der Waals surface area (Å²) in [6.07, 6.45) is 9.60. The lowest BCUT2D eigenvalue weighted by atomic mass is 9.89. The zero-order valence-corrected chi connectivity index (χ0v) is 9.39. The maximum Gasteiger partial charge on any atom is 0.102 e. The number of aliphatic hydroxyl groups is 1. The quantitative estimate of drug-likeness (QED) is 0.668. The molecule has 0 amide bonds. The van der Waals surface area contributed by atoms with Crippen LogP contribution in [0.1, 0.15) is 32.1 Å². The fourth-order valence-corrected chi connectivity index (χ4v) is 2.81. The summed E-state index contributed by atoms with van der Waals surface area (Å²) in [4.78, 5) is 4.59. The molecule has 1 N–H and O–H groups in total. The van der Waals surface area contributed by atoms with Gasteiger partial charge in [0.15, 0.2) is 0 Å². The van der Waals surface area contributed by atoms with Crippen LogP contribution in [0.3, 0.4) is 0 Å². The van der Waals surface area contributed by atoms with Gasteiger partial charge in [-0.2, -0.15) is 0 Å². The second-order valence-electron chi connectivity index (χ2n) is 4.00. The van der Waals surface area contributed by atoms with Gasteiger partial charge in [-0.05, 0) is 38.4 Å². The van der Waals surface area contributed by atoms with Crippen molar-refractivity contribution in [3.8, 4) is 0 Å². The van der Waals surface area contributed by atoms with E-state index >= 15 is 0 Å². The second-order valence-corrected chi connectivity index (χ2v) is 4.83. The monoisotopic (exact) mass is 211 g/mol. The van der Waals surface area contributed by atoms with E-state index in [0.717, 1.165) is 24.3 Å². The number of thioether (sulfide) groups is 1. The Bertz CT molecular complexity index is 272. The molecule has 2 nitrogen and oxygen atoms in total. The largest absolute Gasteiger partial charge is 0.386 e. The van der Waals surface area contributed by atoms with Gasteiger partial charge in [0, 0.05) is 11.6 Å². The molecule has 78 valence electrons. The number of allylic oxidation sites excluding steroid dienone is 2. The van der Waals surface area contributed by atoms with Gasteiger partial charge in [-0.15, -0.1) is 11.8 Å². The number of aliphatic imine (C=N–C) groups is 1. The van der Waals surface area contributed by atoms with Crippen molar-refractivity contribution < 1.29 is 5.11 Å². The van der Waals surface area contributed by atoms with Crippen molar-refractivity contribution in [2.24, 2.45) is 10.9 Å². The van der Waals surface area contributed by atoms with Crippen molar-refractivity contribution in [3.05, 3.63) is 11.8 Å². The average molecular weight is 211 g/mol. The SMILES string of the molecule is CSC1=NC2=CCCCC2CCC1O. The third kappa shape index (κ3) is 2.04. The van der Waals surface area contributed by atoms with Crippen LogP contribution < -0.4 is 0 Å². The summed E-state index contributed by atoms with van der Waals surface area (Å²) >= 11 is 1.58. The van der Waals surface area contributed by atoms with E-state index in [9.17, 15) is 5.11 Å². The molecule has 2 atom stereocenters. The molecule has 0 bridgehead atoms. The van der Waals surface area contributed by atoms with Crippen LogP contribution in [0, 0.1) is 5.92 Å². The van der Waals surface area contributed by atoms with E-state index in [4.69, 9.17) is 0 Å². The van der Waals surface area contributed by atoms with Gasteiger partial charge in [0.2, 0.25) is 0 Å². The fourth-order valence-electron chi connectivity index (χ4n) is 2.22. The second kappa shape index (κ2) is 4.49. The molecule has 1 heterocycles. The van der Waals surface area contributed by atoms with Crippen molar-refractivity contribution in [1.82, 2.24) is 0 Å². The van der Waals surface area contributed by atoms with Crippen molar-refractivity contribution >= 4 is 16.8 Å². The molecule has 2 rings (SSSR count). The Morgan fingerprint density at radius 1 is 1.43 bits per heavy atom. The minimum absolute atomic E-state index is 0.323. The van der Waals surface area contributed by atoms with Gasteiger partial charge >= 0.3 is 0 Å². The zero-order chi connectivity index (χ0) is 9.97. The third-order valence-corrected chi connectivity index (χ3v) is 3.83. The van der Waals surface area contributed by atoms with Gasteiger partial charge in [0.05, 0.1) is 0 Å². The van der Waals surface area contributed by atoms with Crippen molar-refractivity contribution in [1.29, 1.82) is 0 Å². The highest BCUT2D eigenvalue weighted by atomic mass is 32.2. The third-order valence-electron chi connectivity index (χ3n) is 3.05. The first-order valence-corrected chi connectivity index (χ1v) is 6.54. The minimum atomic E-state index is -0.323. The highest BCUT2D eigenvalue weighted by Gasteiger charge is 2.24. The van der Waals surface area contributed by atoms with Crippen LogP contribution in [0.15, 0.2) is 16.8 Å². The normalized spacial score (nSPS) is 32.7. The summed E-state index contributed by atoms with van der Waals surface area (Å²) in [5.74, 6) is 0.614. The van der Waals surface area contributed by atoms with Crippen molar-refractivity contribution in [2.75, 3.05) is 6.26 Å². The molecule has 2 aliphatic rings. The first kappa shape index (κ1) is 10.2. The molecule has 0 aromatic carbocycles. The summed E-state index contributed by atoms with van der Waals surface area (Å²) in [5, 5.41) is 10.7. The Hall–Kier alpha value is -0.280. The Labute approximate surface area is 89.5 Å². The molecule has 0 saturated carbocycles. The molecular weight excluding hydrogens is 194 g/mol. The summed E-state index contributed by atoms with van der Waals surface area (Å²) in [7, 11) is 0. The summed E-state index contributed by atoms with van der Waals surface area (Å²) in [6, 6.07) is 0. The van der Waals surface area contributed by atoms with E-state index in [2.05, 4.69) is 11.1 Å². The fraction of sp³-hybridized carbons (Fsp3) is 0.727. The number of hydrogen-bond acceptors (Lipinski definition) is 3. The van der Waals surface area contributed by atoms with Crippen LogP contribution in [-0.2, 0) is 0 Å². The zero-order valence-electron chi connectivity index (χ0n) is 8.57. The lowest BCUT2D eigenvalue weighted by molar-refractivity contribution is 0.225. The smallest absolute Gasteiger partial charge is 0.102 e. The topological polar surface area (TPSA) is 32.6 Å². The van der Waals surface area contributed by atoms with E-state index in [1.54, 1.807) is 11.8 Å². The Morgan fingerprint density at radius 3 is 3.07 bits per heavy atom. The molecule has 14 heavy (non-hydrogen) atoms. The minimum Gasteiger partial charge on any atom is -0.386 e. The van der Waals surface area contributed by atoms with Crippen LogP contribution in [-0.4, -0.2) is 22.5 Å². The van der Waals surface area contributed by atoms with E-state index in [0.29, 0.717) is 5.92 Å². The number of fused-ring (bicyclic) bond motifs is 1. The standard InChI is InChI=1S/C11H17NOS/c1-14-11-10(13)7-6-8-4-2-3-5-9(8)12-11/h5,8,10,13H,2-4,6-7H2,1H3. The first-order chi connectivity index (χ1) is 6.81. The molecule has 0 aromatic heterocycles. The predicted octanol–water partition coefficient (Wildman–Crippen LogP) is 2.59. The molecule has 0 saturated heterocycles. The first-order valence-electron chi connectivity index (χ1n) is 5.32. The maximum absolute atomic E-state index is 9.82. The number of hydrogen-bond donors (Lipinski definition) is 1. The molecule has 0 spiro atoms. The number of aliphatic hydroxyl groups excluding tert-OH is 1. The lowest BCUT2D eigenvalue weighted by Crippen LogP contribution is -2.15. The van der Waals surface area contributed by atoms with E-state index in [-0.39, 0.29) is 6.10 Å². The molecule has 0 aromatic rings. The Kier molecular flexibility index (Phi) is 3.29. The van der Waals surface area contributed by atoms with E-state index in [1.807, 2.05) is 6.26 Å². The highest BCUT2D eigenvalue weighted by molar-refractivity contribution is 8.13. The molecule has 0 fully saturated rings. The lowest BCUT2D eigenvalue weighted by Gasteiger charge is -2.19. The molecule has 1 aliphatic heterocycles. The van der Waals surface area contributed by atoms with E-state index < -0.39 is 0 Å².